The first-order chi connectivity index (χ1) is 7.10. The minimum atomic E-state index is -0.850. The third-order valence-electron chi connectivity index (χ3n) is 1.95. The summed E-state index contributed by atoms with van der Waals surface area (Å²) in [4.78, 5) is 21.0. The van der Waals surface area contributed by atoms with E-state index in [1.807, 2.05) is 0 Å². The Kier molecular flexibility index (Phi) is 3.53. The normalized spacial score (nSPS) is 10.6. The lowest BCUT2D eigenvalue weighted by molar-refractivity contribution is -0.385. The van der Waals surface area contributed by atoms with Crippen LogP contribution < -0.4 is 5.56 Å². The highest BCUT2D eigenvalue weighted by Gasteiger charge is 2.14. The van der Waals surface area contributed by atoms with Crippen LogP contribution in [0.25, 0.3) is 0 Å². The first kappa shape index (κ1) is 11.3. The lowest BCUT2D eigenvalue weighted by Gasteiger charge is -2.13. The molecular formula is C8H10N2O5. The highest BCUT2D eigenvalue weighted by Crippen LogP contribution is 2.10. The average Bonchev–Trinajstić information content (AvgIpc) is 2.22. The molecule has 0 amide bonds. The van der Waals surface area contributed by atoms with Crippen molar-refractivity contribution in [1.29, 1.82) is 0 Å². The van der Waals surface area contributed by atoms with E-state index in [0.29, 0.717) is 0 Å². The Morgan fingerprint density at radius 3 is 2.47 bits per heavy atom. The quantitative estimate of drug-likeness (QED) is 0.508. The van der Waals surface area contributed by atoms with Crippen LogP contribution in [0.2, 0.25) is 0 Å². The molecule has 1 aromatic heterocycles. The summed E-state index contributed by atoms with van der Waals surface area (Å²) in [7, 11) is 0. The van der Waals surface area contributed by atoms with E-state index in [0.717, 1.165) is 22.9 Å². The van der Waals surface area contributed by atoms with Crippen molar-refractivity contribution >= 4 is 5.69 Å². The Labute approximate surface area is 84.4 Å². The van der Waals surface area contributed by atoms with Crippen molar-refractivity contribution in [2.45, 2.75) is 6.04 Å². The van der Waals surface area contributed by atoms with E-state index in [4.69, 9.17) is 10.2 Å². The largest absolute Gasteiger partial charge is 0.394 e. The molecule has 0 spiro atoms. The molecule has 0 unspecified atom stereocenters. The lowest BCUT2D eigenvalue weighted by Crippen LogP contribution is -2.28. The number of hydrogen-bond donors (Lipinski definition) is 2. The van der Waals surface area contributed by atoms with E-state index in [-0.39, 0.29) is 5.69 Å². The van der Waals surface area contributed by atoms with Crippen molar-refractivity contribution in [2.75, 3.05) is 13.2 Å². The topological polar surface area (TPSA) is 106 Å². The summed E-state index contributed by atoms with van der Waals surface area (Å²) in [5.41, 5.74) is -0.768. The van der Waals surface area contributed by atoms with Gasteiger partial charge in [-0.2, -0.15) is 0 Å². The van der Waals surface area contributed by atoms with E-state index >= 15 is 0 Å². The zero-order valence-electron chi connectivity index (χ0n) is 7.74. The maximum atomic E-state index is 11.3. The summed E-state index contributed by atoms with van der Waals surface area (Å²) in [6.07, 6.45) is 0.999. The molecule has 15 heavy (non-hydrogen) atoms. The Morgan fingerprint density at radius 1 is 1.40 bits per heavy atom. The monoisotopic (exact) mass is 214 g/mol. The second kappa shape index (κ2) is 4.67. The van der Waals surface area contributed by atoms with Gasteiger partial charge < -0.3 is 14.8 Å². The van der Waals surface area contributed by atoms with Crippen molar-refractivity contribution in [2.24, 2.45) is 0 Å². The smallest absolute Gasteiger partial charge is 0.285 e. The van der Waals surface area contributed by atoms with Gasteiger partial charge in [0.1, 0.15) is 0 Å². The van der Waals surface area contributed by atoms with Crippen LogP contribution in [0.5, 0.6) is 0 Å². The van der Waals surface area contributed by atoms with Crippen molar-refractivity contribution in [3.8, 4) is 0 Å². The lowest BCUT2D eigenvalue weighted by atomic mass is 10.3. The fourth-order valence-corrected chi connectivity index (χ4v) is 1.12. The maximum absolute atomic E-state index is 11.3. The molecule has 0 radical (unpaired) electrons. The van der Waals surface area contributed by atoms with Gasteiger partial charge in [0, 0.05) is 12.1 Å². The third-order valence-corrected chi connectivity index (χ3v) is 1.95. The number of aliphatic hydroxyl groups is 2. The number of hydrogen-bond acceptors (Lipinski definition) is 5. The van der Waals surface area contributed by atoms with Gasteiger partial charge in [-0.3, -0.25) is 14.9 Å². The predicted octanol–water partition coefficient (Wildman–Crippen LogP) is -0.718. The molecule has 7 nitrogen and oxygen atoms in total. The minimum Gasteiger partial charge on any atom is -0.394 e. The van der Waals surface area contributed by atoms with Gasteiger partial charge in [-0.1, -0.05) is 0 Å². The van der Waals surface area contributed by atoms with E-state index in [1.54, 1.807) is 0 Å². The van der Waals surface area contributed by atoms with Crippen LogP contribution >= 0.6 is 0 Å². The van der Waals surface area contributed by atoms with Gasteiger partial charge in [0.05, 0.1) is 30.4 Å². The Hall–Kier alpha value is -1.73. The van der Waals surface area contributed by atoms with E-state index in [1.165, 1.54) is 0 Å². The summed E-state index contributed by atoms with van der Waals surface area (Å²) in [6, 6.07) is 1.25. The Bertz CT molecular complexity index is 410. The van der Waals surface area contributed by atoms with E-state index < -0.39 is 29.7 Å². The molecule has 0 bridgehead atoms. The molecule has 1 aromatic rings. The van der Waals surface area contributed by atoms with Crippen molar-refractivity contribution in [3.63, 3.8) is 0 Å². The molecule has 0 saturated heterocycles. The molecule has 2 N–H and O–H groups in total. The minimum absolute atomic E-state index is 0.263. The van der Waals surface area contributed by atoms with Gasteiger partial charge in [-0.05, 0) is 0 Å². The first-order valence-corrected chi connectivity index (χ1v) is 4.18. The van der Waals surface area contributed by atoms with Crippen LogP contribution in [0.1, 0.15) is 6.04 Å². The fourth-order valence-electron chi connectivity index (χ4n) is 1.12. The van der Waals surface area contributed by atoms with Crippen molar-refractivity contribution < 1.29 is 15.1 Å². The molecule has 1 heterocycles. The molecule has 0 aliphatic rings. The first-order valence-electron chi connectivity index (χ1n) is 4.18. The average molecular weight is 214 g/mol. The Balaban J connectivity index is 3.21. The molecule has 0 fully saturated rings. The van der Waals surface area contributed by atoms with Crippen LogP contribution in [0, 0.1) is 10.1 Å². The van der Waals surface area contributed by atoms with Gasteiger partial charge in [0.15, 0.2) is 0 Å². The molecule has 82 valence electrons. The van der Waals surface area contributed by atoms with Gasteiger partial charge in [-0.15, -0.1) is 0 Å². The van der Waals surface area contributed by atoms with Gasteiger partial charge >= 0.3 is 0 Å². The molecule has 0 atom stereocenters. The second-order valence-corrected chi connectivity index (χ2v) is 2.91. The SMILES string of the molecule is O=c1ccc([N+](=O)[O-])cn1C(CO)CO. The number of nitro groups is 1. The highest BCUT2D eigenvalue weighted by atomic mass is 16.6. The molecule has 0 saturated carbocycles. The molecule has 0 aromatic carbocycles. The van der Waals surface area contributed by atoms with Crippen LogP contribution in [0.15, 0.2) is 23.1 Å². The zero-order valence-corrected chi connectivity index (χ0v) is 7.74. The molecule has 0 aliphatic carbocycles. The van der Waals surface area contributed by atoms with E-state index in [9.17, 15) is 14.9 Å². The van der Waals surface area contributed by atoms with Crippen LogP contribution in [-0.4, -0.2) is 32.9 Å². The van der Waals surface area contributed by atoms with Gasteiger partial charge in [0.2, 0.25) is 0 Å². The second-order valence-electron chi connectivity index (χ2n) is 2.91. The number of rotatable bonds is 4. The number of pyridine rings is 1. The standard InChI is InChI=1S/C8H10N2O5/c11-4-7(5-12)9-3-6(10(14)15)1-2-8(9)13/h1-3,7,11-12H,4-5H2. The number of nitrogens with zero attached hydrogens (tertiary/aromatic N) is 2. The highest BCUT2D eigenvalue weighted by molar-refractivity contribution is 5.25. The van der Waals surface area contributed by atoms with Crippen LogP contribution in [0.4, 0.5) is 5.69 Å². The molecule has 0 aliphatic heterocycles. The van der Waals surface area contributed by atoms with Crippen molar-refractivity contribution in [1.82, 2.24) is 4.57 Å². The van der Waals surface area contributed by atoms with Gasteiger partial charge in [0.25, 0.3) is 11.2 Å². The maximum Gasteiger partial charge on any atom is 0.285 e. The van der Waals surface area contributed by atoms with Crippen LogP contribution in [-0.2, 0) is 0 Å². The fraction of sp³-hybridized carbons (Fsp3) is 0.375. The summed E-state index contributed by atoms with van der Waals surface area (Å²) in [6.45, 7) is -0.921. The predicted molar refractivity (Wildman–Crippen MR) is 50.6 cm³/mol. The summed E-state index contributed by atoms with van der Waals surface area (Å²) < 4.78 is 0.943. The number of aliphatic hydroxyl groups excluding tert-OH is 2. The summed E-state index contributed by atoms with van der Waals surface area (Å²) >= 11 is 0. The zero-order chi connectivity index (χ0) is 11.4. The van der Waals surface area contributed by atoms with E-state index in [2.05, 4.69) is 0 Å². The third kappa shape index (κ3) is 2.39. The van der Waals surface area contributed by atoms with Crippen LogP contribution in [0.3, 0.4) is 0 Å². The van der Waals surface area contributed by atoms with Gasteiger partial charge in [-0.25, -0.2) is 0 Å². The molecule has 1 rings (SSSR count). The molecular weight excluding hydrogens is 204 g/mol. The summed E-state index contributed by atoms with van der Waals surface area (Å²) in [5, 5.41) is 28.1. The summed E-state index contributed by atoms with van der Waals surface area (Å²) in [5.74, 6) is 0. The number of aromatic nitrogens is 1. The van der Waals surface area contributed by atoms with Crippen molar-refractivity contribution in [3.05, 3.63) is 38.8 Å². The Morgan fingerprint density at radius 2 is 2.00 bits per heavy atom. The molecule has 7 heteroatoms.